The van der Waals surface area contributed by atoms with Gasteiger partial charge in [0.1, 0.15) is 11.5 Å². The van der Waals surface area contributed by atoms with E-state index >= 15 is 0 Å². The highest BCUT2D eigenvalue weighted by atomic mass is 19.4. The molecule has 2 N–H and O–H groups in total. The molecule has 3 rings (SSSR count). The number of hydrogen-bond donors (Lipinski definition) is 2. The van der Waals surface area contributed by atoms with E-state index in [4.69, 9.17) is 0 Å². The van der Waals surface area contributed by atoms with Gasteiger partial charge in [-0.2, -0.15) is 13.2 Å². The summed E-state index contributed by atoms with van der Waals surface area (Å²) in [4.78, 5) is 10.1. The van der Waals surface area contributed by atoms with Crippen molar-refractivity contribution in [1.82, 2.24) is 15.0 Å². The van der Waals surface area contributed by atoms with Crippen LogP contribution in [-0.4, -0.2) is 15.0 Å². The highest BCUT2D eigenvalue weighted by Crippen LogP contribution is 2.32. The van der Waals surface area contributed by atoms with E-state index in [0.29, 0.717) is 11.1 Å². The van der Waals surface area contributed by atoms with Crippen molar-refractivity contribution in [2.24, 2.45) is 0 Å². The molecule has 0 bridgehead atoms. The van der Waals surface area contributed by atoms with E-state index in [1.807, 2.05) is 32.0 Å². The number of aromatic amines is 1. The van der Waals surface area contributed by atoms with E-state index in [0.717, 1.165) is 16.8 Å². The van der Waals surface area contributed by atoms with E-state index in [-0.39, 0.29) is 11.5 Å². The minimum absolute atomic E-state index is 0.136. The average Bonchev–Trinajstić information content (AvgIpc) is 2.77. The molecule has 23 heavy (non-hydrogen) atoms. The number of benzene rings is 1. The maximum atomic E-state index is 13.0. The third-order valence-electron chi connectivity index (χ3n) is 3.36. The molecule has 0 aliphatic rings. The van der Waals surface area contributed by atoms with Crippen LogP contribution in [0.15, 0.2) is 24.3 Å². The molecule has 2 heterocycles. The summed E-state index contributed by atoms with van der Waals surface area (Å²) < 4.78 is 39.0. The molecule has 0 saturated heterocycles. The fourth-order valence-corrected chi connectivity index (χ4v) is 2.55. The topological polar surface area (TPSA) is 53.6 Å². The second kappa shape index (κ2) is 5.26. The maximum absolute atomic E-state index is 13.0. The molecule has 0 unspecified atom stereocenters. The molecule has 0 radical (unpaired) electrons. The summed E-state index contributed by atoms with van der Waals surface area (Å²) in [6.45, 7) is 5.61. The van der Waals surface area contributed by atoms with Gasteiger partial charge < -0.3 is 10.3 Å². The highest BCUT2D eigenvalue weighted by Gasteiger charge is 2.35. The number of nitrogens with zero attached hydrogens (tertiary/aromatic N) is 2. The zero-order valence-electron chi connectivity index (χ0n) is 12.8. The van der Waals surface area contributed by atoms with E-state index < -0.39 is 12.0 Å². The van der Waals surface area contributed by atoms with Gasteiger partial charge in [-0.05, 0) is 50.1 Å². The molecule has 120 valence electrons. The number of alkyl halides is 3. The SMILES string of the molecule is Cc1cc(C)cc(Nc2nc(C(F)(F)F)nc3[nH]c(C)cc23)c1. The minimum Gasteiger partial charge on any atom is -0.343 e. The number of halogens is 3. The Bertz CT molecular complexity index is 861. The molecule has 3 aromatic rings. The van der Waals surface area contributed by atoms with Crippen LogP contribution >= 0.6 is 0 Å². The number of anilines is 2. The number of fused-ring (bicyclic) bond motifs is 1. The van der Waals surface area contributed by atoms with Crippen molar-refractivity contribution in [2.45, 2.75) is 26.9 Å². The van der Waals surface area contributed by atoms with Gasteiger partial charge in [0.15, 0.2) is 0 Å². The summed E-state index contributed by atoms with van der Waals surface area (Å²) in [7, 11) is 0. The van der Waals surface area contributed by atoms with Gasteiger partial charge in [0.2, 0.25) is 5.82 Å². The molecule has 0 aliphatic heterocycles. The molecule has 7 heteroatoms. The van der Waals surface area contributed by atoms with Crippen molar-refractivity contribution in [3.8, 4) is 0 Å². The van der Waals surface area contributed by atoms with Crippen LogP contribution < -0.4 is 5.32 Å². The zero-order chi connectivity index (χ0) is 16.8. The number of aryl methyl sites for hydroxylation is 3. The first-order valence-corrected chi connectivity index (χ1v) is 7.02. The van der Waals surface area contributed by atoms with Crippen molar-refractivity contribution >= 4 is 22.5 Å². The largest absolute Gasteiger partial charge is 0.451 e. The summed E-state index contributed by atoms with van der Waals surface area (Å²) >= 11 is 0. The average molecular weight is 320 g/mol. The summed E-state index contributed by atoms with van der Waals surface area (Å²) in [6.07, 6.45) is -4.61. The molecule has 2 aromatic heterocycles. The Hall–Kier alpha value is -2.57. The van der Waals surface area contributed by atoms with Crippen LogP contribution in [0, 0.1) is 20.8 Å². The first kappa shape index (κ1) is 15.3. The molecule has 1 aromatic carbocycles. The number of aromatic nitrogens is 3. The molecule has 0 atom stereocenters. The lowest BCUT2D eigenvalue weighted by molar-refractivity contribution is -0.144. The third kappa shape index (κ3) is 3.13. The molecule has 0 saturated carbocycles. The predicted octanol–water partition coefficient (Wildman–Crippen LogP) is 4.65. The van der Waals surface area contributed by atoms with Crippen LogP contribution in [0.25, 0.3) is 11.0 Å². The number of H-pyrrole nitrogens is 1. The molecule has 0 fully saturated rings. The number of rotatable bonds is 2. The summed E-state index contributed by atoms with van der Waals surface area (Å²) in [5, 5.41) is 3.51. The lowest BCUT2D eigenvalue weighted by Gasteiger charge is -2.11. The van der Waals surface area contributed by atoms with Gasteiger partial charge in [0.05, 0.1) is 5.39 Å². The molecule has 0 spiro atoms. The zero-order valence-corrected chi connectivity index (χ0v) is 12.8. The molecule has 0 aliphatic carbocycles. The smallest absolute Gasteiger partial charge is 0.343 e. The summed E-state index contributed by atoms with van der Waals surface area (Å²) in [5.74, 6) is -1.03. The van der Waals surface area contributed by atoms with Crippen molar-refractivity contribution < 1.29 is 13.2 Å². The van der Waals surface area contributed by atoms with Gasteiger partial charge in [-0.25, -0.2) is 9.97 Å². The first-order valence-electron chi connectivity index (χ1n) is 7.02. The van der Waals surface area contributed by atoms with Crippen molar-refractivity contribution in [1.29, 1.82) is 0 Å². The third-order valence-corrected chi connectivity index (χ3v) is 3.36. The quantitative estimate of drug-likeness (QED) is 0.723. The molecule has 4 nitrogen and oxygen atoms in total. The van der Waals surface area contributed by atoms with E-state index in [2.05, 4.69) is 20.3 Å². The number of hydrogen-bond acceptors (Lipinski definition) is 3. The van der Waals surface area contributed by atoms with Crippen molar-refractivity contribution in [3.63, 3.8) is 0 Å². The fraction of sp³-hybridized carbons (Fsp3) is 0.250. The Balaban J connectivity index is 2.14. The Labute approximate surface area is 130 Å². The Kier molecular flexibility index (Phi) is 3.50. The second-order valence-corrected chi connectivity index (χ2v) is 5.61. The van der Waals surface area contributed by atoms with Gasteiger partial charge in [0, 0.05) is 11.4 Å². The Morgan fingerprint density at radius 2 is 1.61 bits per heavy atom. The van der Waals surface area contributed by atoms with Gasteiger partial charge in [0.25, 0.3) is 0 Å². The van der Waals surface area contributed by atoms with Crippen molar-refractivity contribution in [3.05, 3.63) is 46.9 Å². The van der Waals surface area contributed by atoms with E-state index in [9.17, 15) is 13.2 Å². The lowest BCUT2D eigenvalue weighted by atomic mass is 10.1. The normalized spacial score (nSPS) is 11.9. The number of nitrogens with one attached hydrogen (secondary N) is 2. The first-order chi connectivity index (χ1) is 10.7. The van der Waals surface area contributed by atoms with Gasteiger partial charge in [-0.1, -0.05) is 6.07 Å². The monoisotopic (exact) mass is 320 g/mol. The Morgan fingerprint density at radius 1 is 0.957 bits per heavy atom. The summed E-state index contributed by atoms with van der Waals surface area (Å²) in [5.41, 5.74) is 3.60. The predicted molar refractivity (Wildman–Crippen MR) is 82.8 cm³/mol. The molecule has 0 amide bonds. The van der Waals surface area contributed by atoms with Crippen LogP contribution in [0.5, 0.6) is 0 Å². The van der Waals surface area contributed by atoms with Crippen LogP contribution in [0.3, 0.4) is 0 Å². The van der Waals surface area contributed by atoms with Gasteiger partial charge in [-0.3, -0.25) is 0 Å². The van der Waals surface area contributed by atoms with E-state index in [1.165, 1.54) is 0 Å². The second-order valence-electron chi connectivity index (χ2n) is 5.61. The highest BCUT2D eigenvalue weighted by molar-refractivity contribution is 5.89. The molecular formula is C16H15F3N4. The summed E-state index contributed by atoms with van der Waals surface area (Å²) in [6, 6.07) is 7.42. The fourth-order valence-electron chi connectivity index (χ4n) is 2.55. The van der Waals surface area contributed by atoms with E-state index in [1.54, 1.807) is 13.0 Å². The molecular weight excluding hydrogens is 305 g/mol. The van der Waals surface area contributed by atoms with Crippen LogP contribution in [-0.2, 0) is 6.18 Å². The maximum Gasteiger partial charge on any atom is 0.451 e. The van der Waals surface area contributed by atoms with Crippen LogP contribution in [0.4, 0.5) is 24.7 Å². The van der Waals surface area contributed by atoms with Crippen LogP contribution in [0.1, 0.15) is 22.6 Å². The van der Waals surface area contributed by atoms with Gasteiger partial charge >= 0.3 is 6.18 Å². The minimum atomic E-state index is -4.61. The standard InChI is InChI=1S/C16H15F3N4/c1-8-4-9(2)6-11(5-8)21-14-12-7-10(3)20-13(12)22-15(23-14)16(17,18)19/h4-7H,1-3H3,(H2,20,21,22,23). The van der Waals surface area contributed by atoms with Crippen molar-refractivity contribution in [2.75, 3.05) is 5.32 Å². The van der Waals surface area contributed by atoms with Crippen LogP contribution in [0.2, 0.25) is 0 Å². The Morgan fingerprint density at radius 3 is 2.22 bits per heavy atom. The van der Waals surface area contributed by atoms with Gasteiger partial charge in [-0.15, -0.1) is 0 Å². The lowest BCUT2D eigenvalue weighted by Crippen LogP contribution is -2.12.